The molecule has 5 rings (SSSR count). The molecule has 1 aromatic heterocycles. The van der Waals surface area contributed by atoms with E-state index in [-0.39, 0.29) is 28.5 Å². The molecule has 0 radical (unpaired) electrons. The maximum Gasteiger partial charge on any atom is 0.345 e. The molecule has 0 amide bonds. The molecule has 1 atom stereocenters. The van der Waals surface area contributed by atoms with Gasteiger partial charge >= 0.3 is 11.9 Å². The second kappa shape index (κ2) is 12.0. The van der Waals surface area contributed by atoms with Crippen LogP contribution < -0.4 is 24.4 Å². The number of esters is 2. The summed E-state index contributed by atoms with van der Waals surface area (Å²) in [5.41, 5.74) is 2.16. The molecule has 208 valence electrons. The Morgan fingerprint density at radius 1 is 1.02 bits per heavy atom. The van der Waals surface area contributed by atoms with Crippen LogP contribution in [0.1, 0.15) is 41.4 Å². The number of thiazole rings is 1. The van der Waals surface area contributed by atoms with Crippen LogP contribution in [-0.2, 0) is 9.53 Å². The molecule has 2 heterocycles. The molecule has 0 spiro atoms. The van der Waals surface area contributed by atoms with Gasteiger partial charge in [0.1, 0.15) is 0 Å². The summed E-state index contributed by atoms with van der Waals surface area (Å²) in [4.78, 5) is 44.5. The summed E-state index contributed by atoms with van der Waals surface area (Å²) >= 11 is 7.34. The first kappa shape index (κ1) is 28.1. The third kappa shape index (κ3) is 5.59. The number of rotatable bonds is 7. The molecule has 0 bridgehead atoms. The van der Waals surface area contributed by atoms with Gasteiger partial charge in [-0.15, -0.1) is 0 Å². The highest BCUT2D eigenvalue weighted by Crippen LogP contribution is 2.31. The van der Waals surface area contributed by atoms with Crippen LogP contribution in [0.3, 0.4) is 0 Å². The molecule has 0 saturated carbocycles. The van der Waals surface area contributed by atoms with Gasteiger partial charge < -0.3 is 14.2 Å². The van der Waals surface area contributed by atoms with E-state index in [0.717, 1.165) is 5.56 Å². The van der Waals surface area contributed by atoms with Crippen LogP contribution in [0, 0.1) is 0 Å². The summed E-state index contributed by atoms with van der Waals surface area (Å²) in [6.45, 7) is 3.68. The van der Waals surface area contributed by atoms with Crippen molar-refractivity contribution in [2.75, 3.05) is 13.7 Å². The van der Waals surface area contributed by atoms with Gasteiger partial charge in [-0.1, -0.05) is 71.5 Å². The normalized spacial score (nSPS) is 14.7. The number of methoxy groups -OCH3 is 1. The van der Waals surface area contributed by atoms with Crippen molar-refractivity contribution in [3.63, 3.8) is 0 Å². The first-order chi connectivity index (χ1) is 19.8. The van der Waals surface area contributed by atoms with Crippen molar-refractivity contribution < 1.29 is 23.8 Å². The topological polar surface area (TPSA) is 96.2 Å². The van der Waals surface area contributed by atoms with Gasteiger partial charge in [-0.05, 0) is 55.3 Å². The van der Waals surface area contributed by atoms with Gasteiger partial charge in [0, 0.05) is 0 Å². The lowest BCUT2D eigenvalue weighted by molar-refractivity contribution is -0.139. The third-order valence-electron chi connectivity index (χ3n) is 6.41. The fourth-order valence-corrected chi connectivity index (χ4v) is 5.79. The molecule has 3 aromatic carbocycles. The van der Waals surface area contributed by atoms with Crippen molar-refractivity contribution >= 4 is 41.0 Å². The van der Waals surface area contributed by atoms with Crippen LogP contribution in [0.2, 0.25) is 5.02 Å². The van der Waals surface area contributed by atoms with E-state index in [1.54, 1.807) is 62.4 Å². The van der Waals surface area contributed by atoms with Gasteiger partial charge in [0.25, 0.3) is 5.56 Å². The second-order valence-corrected chi connectivity index (χ2v) is 10.4. The molecule has 41 heavy (non-hydrogen) atoms. The smallest absolute Gasteiger partial charge is 0.345 e. The van der Waals surface area contributed by atoms with Crippen molar-refractivity contribution in [2.24, 2.45) is 4.99 Å². The van der Waals surface area contributed by atoms with Crippen molar-refractivity contribution in [1.82, 2.24) is 4.57 Å². The lowest BCUT2D eigenvalue weighted by Gasteiger charge is -2.24. The van der Waals surface area contributed by atoms with E-state index >= 15 is 0 Å². The number of nitrogens with zero attached hydrogens (tertiary/aromatic N) is 2. The molecular formula is C31H25ClN2O6S. The van der Waals surface area contributed by atoms with Gasteiger partial charge in [0.15, 0.2) is 16.3 Å². The summed E-state index contributed by atoms with van der Waals surface area (Å²) in [6, 6.07) is 20.2. The Morgan fingerprint density at radius 3 is 2.46 bits per heavy atom. The average Bonchev–Trinajstić information content (AvgIpc) is 3.27. The van der Waals surface area contributed by atoms with Crippen LogP contribution in [0.5, 0.6) is 11.5 Å². The van der Waals surface area contributed by atoms with E-state index in [4.69, 9.17) is 25.8 Å². The lowest BCUT2D eigenvalue weighted by Crippen LogP contribution is -2.39. The molecule has 10 heteroatoms. The highest BCUT2D eigenvalue weighted by atomic mass is 35.5. The fraction of sp³-hybridized carbons (Fsp3) is 0.161. The third-order valence-corrected chi connectivity index (χ3v) is 7.73. The zero-order chi connectivity index (χ0) is 29.1. The zero-order valence-electron chi connectivity index (χ0n) is 22.4. The van der Waals surface area contributed by atoms with E-state index in [9.17, 15) is 14.4 Å². The van der Waals surface area contributed by atoms with Gasteiger partial charge in [-0.3, -0.25) is 9.36 Å². The summed E-state index contributed by atoms with van der Waals surface area (Å²) in [7, 11) is 1.46. The number of hydrogen-bond donors (Lipinski definition) is 0. The monoisotopic (exact) mass is 588 g/mol. The van der Waals surface area contributed by atoms with Gasteiger partial charge in [-0.2, -0.15) is 0 Å². The summed E-state index contributed by atoms with van der Waals surface area (Å²) in [5.74, 6) is -0.628. The first-order valence-corrected chi connectivity index (χ1v) is 13.9. The number of hydrogen-bond acceptors (Lipinski definition) is 8. The number of aromatic nitrogens is 1. The van der Waals surface area contributed by atoms with Crippen molar-refractivity contribution in [2.45, 2.75) is 19.9 Å². The molecule has 0 fully saturated rings. The molecule has 1 unspecified atom stereocenters. The molecule has 0 N–H and O–H groups in total. The molecule has 8 nitrogen and oxygen atoms in total. The largest absolute Gasteiger partial charge is 0.493 e. The van der Waals surface area contributed by atoms with E-state index in [2.05, 4.69) is 4.99 Å². The van der Waals surface area contributed by atoms with E-state index in [1.807, 2.05) is 30.3 Å². The Hall–Kier alpha value is -4.47. The van der Waals surface area contributed by atoms with E-state index in [1.165, 1.54) is 23.0 Å². The standard InChI is InChI=1S/C31H25ClN2O6S/c1-4-39-30(37)26-18(2)33-31-34(27(26)20-10-6-5-7-11-20)28(35)25(41-31)17-19-14-15-23(24(16-19)38-3)40-29(36)21-12-8-9-13-22(21)32/h5-17,27H,4H2,1-3H3. The number of carbonyl (C=O) groups excluding carboxylic acids is 2. The number of benzene rings is 3. The fourth-order valence-electron chi connectivity index (χ4n) is 4.53. The van der Waals surface area contributed by atoms with Crippen molar-refractivity contribution in [3.05, 3.63) is 125 Å². The highest BCUT2D eigenvalue weighted by Gasteiger charge is 2.33. The Morgan fingerprint density at radius 2 is 1.76 bits per heavy atom. The zero-order valence-corrected chi connectivity index (χ0v) is 24.0. The molecule has 0 saturated heterocycles. The minimum absolute atomic E-state index is 0.201. The van der Waals surface area contributed by atoms with E-state index in [0.29, 0.717) is 31.9 Å². The lowest BCUT2D eigenvalue weighted by atomic mass is 9.96. The summed E-state index contributed by atoms with van der Waals surface area (Å²) < 4.78 is 18.3. The highest BCUT2D eigenvalue weighted by molar-refractivity contribution is 7.07. The Labute approximate surface area is 244 Å². The maximum absolute atomic E-state index is 13.8. The van der Waals surface area contributed by atoms with Crippen LogP contribution in [-0.4, -0.2) is 30.2 Å². The van der Waals surface area contributed by atoms with Gasteiger partial charge in [0.2, 0.25) is 0 Å². The summed E-state index contributed by atoms with van der Waals surface area (Å²) in [5, 5.41) is 0.276. The number of allylic oxidation sites excluding steroid dienone is 1. The number of carbonyl (C=O) groups is 2. The van der Waals surface area contributed by atoms with Gasteiger partial charge in [-0.25, -0.2) is 14.6 Å². The average molecular weight is 589 g/mol. The minimum atomic E-state index is -0.685. The quantitative estimate of drug-likeness (QED) is 0.230. The first-order valence-electron chi connectivity index (χ1n) is 12.7. The predicted octanol–water partition coefficient (Wildman–Crippen LogP) is 4.68. The minimum Gasteiger partial charge on any atom is -0.493 e. The summed E-state index contributed by atoms with van der Waals surface area (Å²) in [6.07, 6.45) is 1.71. The van der Waals surface area contributed by atoms with E-state index < -0.39 is 18.0 Å². The molecular weight excluding hydrogens is 564 g/mol. The van der Waals surface area contributed by atoms with Crippen LogP contribution in [0.25, 0.3) is 6.08 Å². The Balaban J connectivity index is 1.55. The predicted molar refractivity (Wildman–Crippen MR) is 156 cm³/mol. The van der Waals surface area contributed by atoms with Crippen LogP contribution in [0.15, 0.2) is 93.9 Å². The second-order valence-electron chi connectivity index (χ2n) is 8.99. The van der Waals surface area contributed by atoms with Crippen molar-refractivity contribution in [1.29, 1.82) is 0 Å². The van der Waals surface area contributed by atoms with Crippen molar-refractivity contribution in [3.8, 4) is 11.5 Å². The molecule has 4 aromatic rings. The number of fused-ring (bicyclic) bond motifs is 1. The van der Waals surface area contributed by atoms with Gasteiger partial charge in [0.05, 0.1) is 46.1 Å². The SMILES string of the molecule is CCOC(=O)C1=C(C)N=c2sc(=Cc3ccc(OC(=O)c4ccccc4Cl)c(OC)c3)c(=O)n2C1c1ccccc1. The Kier molecular flexibility index (Phi) is 8.19. The molecule has 0 aliphatic carbocycles. The maximum atomic E-state index is 13.8. The van der Waals surface area contributed by atoms with Crippen LogP contribution in [0.4, 0.5) is 0 Å². The number of halogens is 1. The Bertz CT molecular complexity index is 1860. The molecule has 1 aliphatic rings. The molecule has 1 aliphatic heterocycles. The number of ether oxygens (including phenoxy) is 3. The van der Waals surface area contributed by atoms with Crippen LogP contribution >= 0.6 is 22.9 Å².